The summed E-state index contributed by atoms with van der Waals surface area (Å²) in [5.41, 5.74) is 1.70. The predicted octanol–water partition coefficient (Wildman–Crippen LogP) is 3.15. The summed E-state index contributed by atoms with van der Waals surface area (Å²) in [6.07, 6.45) is 1.98. The Morgan fingerprint density at radius 3 is 2.52 bits per heavy atom. The summed E-state index contributed by atoms with van der Waals surface area (Å²) in [6, 6.07) is 8.03. The Balaban J connectivity index is 1.91. The van der Waals surface area contributed by atoms with Gasteiger partial charge in [0.2, 0.25) is 5.91 Å². The van der Waals surface area contributed by atoms with E-state index in [1.165, 1.54) is 0 Å². The number of carbonyl (C=O) groups excluding carboxylic acids is 2. The molecule has 2 unspecified atom stereocenters. The van der Waals surface area contributed by atoms with E-state index in [1.807, 2.05) is 12.1 Å². The zero-order chi connectivity index (χ0) is 18.0. The molecule has 1 aliphatic rings. The standard InChI is InChI=1S/C19H14Cl2N2O2/c1-2-5-11-8-13(20)16(14(21)9-11)17-18(24)15(23-19(17)25)10-12-6-3-4-7-22-12/h3-4,6-9,15,17H,10H2,1H3,(H,23,25). The quantitative estimate of drug-likeness (QED) is 0.664. The van der Waals surface area contributed by atoms with E-state index in [0.717, 1.165) is 5.69 Å². The Morgan fingerprint density at radius 1 is 1.20 bits per heavy atom. The monoisotopic (exact) mass is 372 g/mol. The number of halogens is 2. The van der Waals surface area contributed by atoms with Crippen molar-refractivity contribution in [1.82, 2.24) is 10.3 Å². The number of nitrogens with one attached hydrogen (secondary N) is 1. The largest absolute Gasteiger partial charge is 0.345 e. The summed E-state index contributed by atoms with van der Waals surface area (Å²) in [6.45, 7) is 1.70. The molecule has 1 amide bonds. The molecule has 1 N–H and O–H groups in total. The van der Waals surface area contributed by atoms with Crippen LogP contribution in [-0.4, -0.2) is 22.7 Å². The number of aromatic nitrogens is 1. The Hall–Kier alpha value is -2.35. The third kappa shape index (κ3) is 3.53. The van der Waals surface area contributed by atoms with Crippen LogP contribution in [0.2, 0.25) is 10.0 Å². The van der Waals surface area contributed by atoms with E-state index < -0.39 is 17.9 Å². The lowest BCUT2D eigenvalue weighted by molar-refractivity contribution is -0.124. The third-order valence-electron chi connectivity index (χ3n) is 3.98. The first-order valence-corrected chi connectivity index (χ1v) is 8.42. The fourth-order valence-electron chi connectivity index (χ4n) is 2.89. The maximum atomic E-state index is 12.8. The van der Waals surface area contributed by atoms with Crippen LogP contribution in [0.1, 0.15) is 29.7 Å². The molecule has 2 atom stereocenters. The van der Waals surface area contributed by atoms with Gasteiger partial charge in [0.1, 0.15) is 5.92 Å². The van der Waals surface area contributed by atoms with Crippen LogP contribution in [-0.2, 0) is 16.0 Å². The second-order valence-corrected chi connectivity index (χ2v) is 6.46. The van der Waals surface area contributed by atoms with Gasteiger partial charge in [0.25, 0.3) is 0 Å². The van der Waals surface area contributed by atoms with Gasteiger partial charge in [-0.05, 0) is 31.2 Å². The van der Waals surface area contributed by atoms with Gasteiger partial charge >= 0.3 is 0 Å². The molecule has 3 rings (SSSR count). The maximum absolute atomic E-state index is 12.8. The van der Waals surface area contributed by atoms with Crippen LogP contribution in [0.15, 0.2) is 36.5 Å². The average Bonchev–Trinajstić information content (AvgIpc) is 2.83. The van der Waals surface area contributed by atoms with Crippen molar-refractivity contribution in [3.63, 3.8) is 0 Å². The molecule has 1 aromatic carbocycles. The summed E-state index contributed by atoms with van der Waals surface area (Å²) < 4.78 is 0. The predicted molar refractivity (Wildman–Crippen MR) is 96.6 cm³/mol. The molecule has 2 heterocycles. The van der Waals surface area contributed by atoms with Crippen LogP contribution in [0.4, 0.5) is 0 Å². The zero-order valence-corrected chi connectivity index (χ0v) is 14.9. The second-order valence-electron chi connectivity index (χ2n) is 5.65. The number of benzene rings is 1. The molecular formula is C19H14Cl2N2O2. The highest BCUT2D eigenvalue weighted by Gasteiger charge is 2.43. The molecule has 1 saturated heterocycles. The fourth-order valence-corrected chi connectivity index (χ4v) is 3.59. The number of ketones is 1. The summed E-state index contributed by atoms with van der Waals surface area (Å²) in [4.78, 5) is 29.4. The summed E-state index contributed by atoms with van der Waals surface area (Å²) >= 11 is 12.6. The van der Waals surface area contributed by atoms with Crippen molar-refractivity contribution in [2.24, 2.45) is 0 Å². The lowest BCUT2D eigenvalue weighted by atomic mass is 9.92. The summed E-state index contributed by atoms with van der Waals surface area (Å²) in [7, 11) is 0. The molecule has 0 spiro atoms. The molecule has 0 aliphatic carbocycles. The van der Waals surface area contributed by atoms with Crippen molar-refractivity contribution in [1.29, 1.82) is 0 Å². The van der Waals surface area contributed by atoms with Crippen LogP contribution in [0, 0.1) is 11.8 Å². The second kappa shape index (κ2) is 7.26. The van der Waals surface area contributed by atoms with Crippen LogP contribution in [0.5, 0.6) is 0 Å². The van der Waals surface area contributed by atoms with Gasteiger partial charge in [-0.15, -0.1) is 5.92 Å². The number of amides is 1. The highest BCUT2D eigenvalue weighted by molar-refractivity contribution is 6.38. The number of hydrogen-bond acceptors (Lipinski definition) is 3. The molecule has 4 nitrogen and oxygen atoms in total. The van der Waals surface area contributed by atoms with E-state index in [-0.39, 0.29) is 15.8 Å². The number of rotatable bonds is 3. The molecule has 0 radical (unpaired) electrons. The Labute approximate surface area is 155 Å². The lowest BCUT2D eigenvalue weighted by Crippen LogP contribution is -2.31. The van der Waals surface area contributed by atoms with Gasteiger partial charge in [-0.25, -0.2) is 0 Å². The van der Waals surface area contributed by atoms with E-state index in [9.17, 15) is 9.59 Å². The van der Waals surface area contributed by atoms with Crippen molar-refractivity contribution >= 4 is 34.9 Å². The minimum absolute atomic E-state index is 0.256. The molecule has 0 bridgehead atoms. The first kappa shape index (κ1) is 17.5. The van der Waals surface area contributed by atoms with Gasteiger partial charge in [-0.1, -0.05) is 35.2 Å². The Kier molecular flexibility index (Phi) is 5.08. The van der Waals surface area contributed by atoms with E-state index >= 15 is 0 Å². The minimum Gasteiger partial charge on any atom is -0.345 e. The number of carbonyl (C=O) groups is 2. The SMILES string of the molecule is CC#Cc1cc(Cl)c(C2C(=O)NC(Cc3ccccn3)C2=O)c(Cl)c1. The van der Waals surface area contributed by atoms with Gasteiger partial charge in [-0.3, -0.25) is 14.6 Å². The van der Waals surface area contributed by atoms with Crippen molar-refractivity contribution < 1.29 is 9.59 Å². The first-order valence-electron chi connectivity index (χ1n) is 7.67. The topological polar surface area (TPSA) is 59.1 Å². The molecule has 25 heavy (non-hydrogen) atoms. The van der Waals surface area contributed by atoms with Crippen molar-refractivity contribution in [2.75, 3.05) is 0 Å². The van der Waals surface area contributed by atoms with E-state index in [2.05, 4.69) is 22.1 Å². The van der Waals surface area contributed by atoms with Gasteiger partial charge < -0.3 is 5.32 Å². The number of hydrogen-bond donors (Lipinski definition) is 1. The van der Waals surface area contributed by atoms with Crippen LogP contribution >= 0.6 is 23.2 Å². The van der Waals surface area contributed by atoms with Gasteiger partial charge in [0, 0.05) is 39.5 Å². The molecular weight excluding hydrogens is 359 g/mol. The van der Waals surface area contributed by atoms with Crippen LogP contribution < -0.4 is 5.32 Å². The van der Waals surface area contributed by atoms with E-state index in [0.29, 0.717) is 17.5 Å². The average molecular weight is 373 g/mol. The molecule has 126 valence electrons. The number of pyridine rings is 1. The molecule has 2 aromatic rings. The molecule has 1 fully saturated rings. The van der Waals surface area contributed by atoms with Crippen LogP contribution in [0.3, 0.4) is 0 Å². The molecule has 6 heteroatoms. The zero-order valence-electron chi connectivity index (χ0n) is 13.3. The molecule has 1 aromatic heterocycles. The number of Topliss-reactive ketones (excluding diaryl/α,β-unsaturated/α-hetero) is 1. The Bertz CT molecular complexity index is 878. The van der Waals surface area contributed by atoms with Gasteiger partial charge in [-0.2, -0.15) is 0 Å². The highest BCUT2D eigenvalue weighted by Crippen LogP contribution is 2.36. The van der Waals surface area contributed by atoms with Crippen LogP contribution in [0.25, 0.3) is 0 Å². The van der Waals surface area contributed by atoms with E-state index in [1.54, 1.807) is 31.3 Å². The van der Waals surface area contributed by atoms with Crippen molar-refractivity contribution in [2.45, 2.75) is 25.3 Å². The highest BCUT2D eigenvalue weighted by atomic mass is 35.5. The first-order chi connectivity index (χ1) is 12.0. The maximum Gasteiger partial charge on any atom is 0.235 e. The van der Waals surface area contributed by atoms with Gasteiger partial charge in [0.15, 0.2) is 5.78 Å². The fraction of sp³-hybridized carbons (Fsp3) is 0.211. The number of nitrogens with zero attached hydrogens (tertiary/aromatic N) is 1. The Morgan fingerprint density at radius 2 is 1.92 bits per heavy atom. The lowest BCUT2D eigenvalue weighted by Gasteiger charge is -2.12. The minimum atomic E-state index is -1.02. The van der Waals surface area contributed by atoms with Crippen molar-refractivity contribution in [3.8, 4) is 11.8 Å². The van der Waals surface area contributed by atoms with Crippen molar-refractivity contribution in [3.05, 3.63) is 63.4 Å². The normalized spacial score (nSPS) is 19.3. The van der Waals surface area contributed by atoms with E-state index in [4.69, 9.17) is 23.2 Å². The third-order valence-corrected chi connectivity index (χ3v) is 4.61. The molecule has 1 aliphatic heterocycles. The smallest absolute Gasteiger partial charge is 0.235 e. The summed E-state index contributed by atoms with van der Waals surface area (Å²) in [5, 5.41) is 3.24. The van der Waals surface area contributed by atoms with Gasteiger partial charge in [0.05, 0.1) is 6.04 Å². The molecule has 0 saturated carbocycles. The summed E-state index contributed by atoms with van der Waals surface area (Å²) in [5.74, 6) is 3.95.